The summed E-state index contributed by atoms with van der Waals surface area (Å²) in [6, 6.07) is 5.49. The number of hydrogen-bond donors (Lipinski definition) is 1. The molecule has 1 aromatic carbocycles. The van der Waals surface area contributed by atoms with Crippen LogP contribution in [0.5, 0.6) is 0 Å². The van der Waals surface area contributed by atoms with E-state index in [-0.39, 0.29) is 5.82 Å². The summed E-state index contributed by atoms with van der Waals surface area (Å²) in [7, 11) is 4.13. The highest BCUT2D eigenvalue weighted by Gasteiger charge is 2.15. The minimum absolute atomic E-state index is 0.0936. The van der Waals surface area contributed by atoms with E-state index in [4.69, 9.17) is 0 Å². The number of halogens is 1. The Morgan fingerprint density at radius 1 is 1.20 bits per heavy atom. The van der Waals surface area contributed by atoms with Crippen LogP contribution in [-0.4, -0.2) is 45.2 Å². The largest absolute Gasteiger partial charge is 0.369 e. The smallest absolute Gasteiger partial charge is 0.146 e. The second kappa shape index (κ2) is 7.60. The van der Waals surface area contributed by atoms with E-state index in [2.05, 4.69) is 29.2 Å². The molecule has 1 N–H and O–H groups in total. The summed E-state index contributed by atoms with van der Waals surface area (Å²) in [5, 5.41) is 3.40. The lowest BCUT2D eigenvalue weighted by atomic mass is 10.1. The van der Waals surface area contributed by atoms with E-state index >= 15 is 0 Å². The van der Waals surface area contributed by atoms with Crippen LogP contribution < -0.4 is 10.2 Å². The first-order valence-corrected chi connectivity index (χ1v) is 7.55. The molecule has 2 rings (SSSR count). The van der Waals surface area contributed by atoms with Crippen LogP contribution >= 0.6 is 0 Å². The van der Waals surface area contributed by atoms with Crippen LogP contribution in [0.1, 0.15) is 24.8 Å². The first-order valence-electron chi connectivity index (χ1n) is 7.55. The Kier molecular flexibility index (Phi) is 5.80. The molecule has 0 amide bonds. The number of rotatable bonds is 6. The minimum Gasteiger partial charge on any atom is -0.369 e. The Morgan fingerprint density at radius 3 is 2.65 bits per heavy atom. The molecule has 0 spiro atoms. The summed E-state index contributed by atoms with van der Waals surface area (Å²) in [4.78, 5) is 4.33. The zero-order valence-electron chi connectivity index (χ0n) is 12.7. The fourth-order valence-corrected chi connectivity index (χ4v) is 2.58. The van der Waals surface area contributed by atoms with Gasteiger partial charge in [-0.05, 0) is 51.1 Å². The maximum absolute atomic E-state index is 14.0. The highest BCUT2D eigenvalue weighted by Crippen LogP contribution is 2.24. The number of likely N-dealkylation sites (N-methyl/N-ethyl adjacent to an activating group) is 1. The molecule has 0 aliphatic carbocycles. The molecule has 1 aromatic rings. The number of nitrogens with one attached hydrogen (secondary N) is 1. The molecule has 0 bridgehead atoms. The van der Waals surface area contributed by atoms with Crippen molar-refractivity contribution in [2.75, 3.05) is 45.2 Å². The zero-order chi connectivity index (χ0) is 14.4. The molecule has 0 unspecified atom stereocenters. The van der Waals surface area contributed by atoms with Gasteiger partial charge in [-0.2, -0.15) is 0 Å². The van der Waals surface area contributed by atoms with E-state index in [1.807, 2.05) is 12.1 Å². The van der Waals surface area contributed by atoms with Crippen LogP contribution in [0.15, 0.2) is 18.2 Å². The van der Waals surface area contributed by atoms with Gasteiger partial charge in [0.1, 0.15) is 5.82 Å². The standard InChI is InChI=1S/C16H26FN3/c1-19(2)11-8-18-13-14-6-7-15(17)16(12-14)20-9-4-3-5-10-20/h6-7,12,18H,3-5,8-11,13H2,1-2H3. The summed E-state index contributed by atoms with van der Waals surface area (Å²) in [6.45, 7) is 4.72. The van der Waals surface area contributed by atoms with Crippen molar-refractivity contribution in [3.05, 3.63) is 29.6 Å². The van der Waals surface area contributed by atoms with Crippen molar-refractivity contribution in [3.8, 4) is 0 Å². The van der Waals surface area contributed by atoms with E-state index in [0.717, 1.165) is 44.0 Å². The topological polar surface area (TPSA) is 18.5 Å². The van der Waals surface area contributed by atoms with E-state index in [0.29, 0.717) is 0 Å². The monoisotopic (exact) mass is 279 g/mol. The van der Waals surface area contributed by atoms with Gasteiger partial charge in [-0.1, -0.05) is 6.07 Å². The second-order valence-corrected chi connectivity index (χ2v) is 5.81. The third kappa shape index (κ3) is 4.46. The third-order valence-electron chi connectivity index (χ3n) is 3.77. The predicted octanol–water partition coefficient (Wildman–Crippen LogP) is 2.47. The number of nitrogens with zero attached hydrogens (tertiary/aromatic N) is 2. The molecule has 1 fully saturated rings. The normalized spacial score (nSPS) is 15.9. The minimum atomic E-state index is -0.0936. The maximum Gasteiger partial charge on any atom is 0.146 e. The first-order chi connectivity index (χ1) is 9.66. The molecule has 112 valence electrons. The Balaban J connectivity index is 1.93. The van der Waals surface area contributed by atoms with Crippen molar-refractivity contribution in [1.29, 1.82) is 0 Å². The van der Waals surface area contributed by atoms with Gasteiger partial charge in [-0.25, -0.2) is 4.39 Å². The van der Waals surface area contributed by atoms with Gasteiger partial charge in [-0.3, -0.25) is 0 Å². The van der Waals surface area contributed by atoms with Crippen molar-refractivity contribution in [2.45, 2.75) is 25.8 Å². The lowest BCUT2D eigenvalue weighted by Crippen LogP contribution is -2.30. The lowest BCUT2D eigenvalue weighted by molar-refractivity contribution is 0.400. The number of hydrogen-bond acceptors (Lipinski definition) is 3. The zero-order valence-corrected chi connectivity index (χ0v) is 12.7. The van der Waals surface area contributed by atoms with Crippen LogP contribution in [0.3, 0.4) is 0 Å². The molecule has 0 radical (unpaired) electrons. The number of benzene rings is 1. The van der Waals surface area contributed by atoms with Crippen molar-refractivity contribution in [2.24, 2.45) is 0 Å². The van der Waals surface area contributed by atoms with E-state index in [1.165, 1.54) is 19.3 Å². The maximum atomic E-state index is 14.0. The Hall–Kier alpha value is -1.13. The van der Waals surface area contributed by atoms with E-state index in [1.54, 1.807) is 6.07 Å². The fraction of sp³-hybridized carbons (Fsp3) is 0.625. The predicted molar refractivity (Wildman–Crippen MR) is 82.7 cm³/mol. The summed E-state index contributed by atoms with van der Waals surface area (Å²) in [6.07, 6.45) is 3.61. The molecule has 0 aromatic heterocycles. The van der Waals surface area contributed by atoms with Gasteiger partial charge in [0.2, 0.25) is 0 Å². The van der Waals surface area contributed by atoms with E-state index in [9.17, 15) is 4.39 Å². The Bertz CT molecular complexity index is 414. The molecule has 4 heteroatoms. The van der Waals surface area contributed by atoms with Gasteiger partial charge in [0.15, 0.2) is 0 Å². The molecular weight excluding hydrogens is 253 g/mol. The molecule has 1 heterocycles. The molecule has 1 aliphatic rings. The fourth-order valence-electron chi connectivity index (χ4n) is 2.58. The summed E-state index contributed by atoms with van der Waals surface area (Å²) >= 11 is 0. The van der Waals surface area contributed by atoms with Crippen LogP contribution in [0.4, 0.5) is 10.1 Å². The van der Waals surface area contributed by atoms with Gasteiger partial charge in [0.05, 0.1) is 5.69 Å². The van der Waals surface area contributed by atoms with Crippen LogP contribution in [0, 0.1) is 5.82 Å². The molecule has 20 heavy (non-hydrogen) atoms. The Labute approximate surface area is 121 Å². The van der Waals surface area contributed by atoms with Gasteiger partial charge in [0, 0.05) is 32.7 Å². The number of piperidine rings is 1. The molecule has 1 saturated heterocycles. The van der Waals surface area contributed by atoms with Crippen LogP contribution in [0.2, 0.25) is 0 Å². The average Bonchev–Trinajstić information content (AvgIpc) is 2.46. The SMILES string of the molecule is CN(C)CCNCc1ccc(F)c(N2CCCCC2)c1. The quantitative estimate of drug-likeness (QED) is 0.807. The van der Waals surface area contributed by atoms with Gasteiger partial charge >= 0.3 is 0 Å². The van der Waals surface area contributed by atoms with Crippen molar-refractivity contribution >= 4 is 5.69 Å². The van der Waals surface area contributed by atoms with Crippen molar-refractivity contribution < 1.29 is 4.39 Å². The van der Waals surface area contributed by atoms with Crippen molar-refractivity contribution in [3.63, 3.8) is 0 Å². The average molecular weight is 279 g/mol. The van der Waals surface area contributed by atoms with Gasteiger partial charge in [0.25, 0.3) is 0 Å². The first kappa shape index (κ1) is 15.3. The third-order valence-corrected chi connectivity index (χ3v) is 3.77. The van der Waals surface area contributed by atoms with Crippen LogP contribution in [0.25, 0.3) is 0 Å². The second-order valence-electron chi connectivity index (χ2n) is 5.81. The lowest BCUT2D eigenvalue weighted by Gasteiger charge is -2.29. The van der Waals surface area contributed by atoms with Crippen molar-refractivity contribution in [1.82, 2.24) is 10.2 Å². The summed E-state index contributed by atoms with van der Waals surface area (Å²) in [5.41, 5.74) is 1.93. The van der Waals surface area contributed by atoms with Gasteiger partial charge < -0.3 is 15.1 Å². The molecular formula is C16H26FN3. The van der Waals surface area contributed by atoms with Gasteiger partial charge in [-0.15, -0.1) is 0 Å². The molecule has 0 saturated carbocycles. The molecule has 3 nitrogen and oxygen atoms in total. The van der Waals surface area contributed by atoms with Crippen LogP contribution in [-0.2, 0) is 6.54 Å². The van der Waals surface area contributed by atoms with E-state index < -0.39 is 0 Å². The summed E-state index contributed by atoms with van der Waals surface area (Å²) < 4.78 is 14.0. The highest BCUT2D eigenvalue weighted by molar-refractivity contribution is 5.50. The molecule has 1 aliphatic heterocycles. The number of anilines is 1. The Morgan fingerprint density at radius 2 is 1.95 bits per heavy atom. The summed E-state index contributed by atoms with van der Waals surface area (Å²) in [5.74, 6) is -0.0936. The molecule has 0 atom stereocenters. The highest BCUT2D eigenvalue weighted by atomic mass is 19.1.